The van der Waals surface area contributed by atoms with E-state index in [0.29, 0.717) is 25.4 Å². The quantitative estimate of drug-likeness (QED) is 0.588. The molecule has 1 aliphatic heterocycles. The van der Waals surface area contributed by atoms with Crippen molar-refractivity contribution in [1.29, 1.82) is 0 Å². The molecule has 3 rings (SSSR count). The zero-order valence-electron chi connectivity index (χ0n) is 14.3. The molecule has 2 N–H and O–H groups in total. The Labute approximate surface area is 151 Å². The van der Waals surface area contributed by atoms with E-state index in [0.717, 1.165) is 18.4 Å². The fourth-order valence-electron chi connectivity index (χ4n) is 2.88. The summed E-state index contributed by atoms with van der Waals surface area (Å²) < 4.78 is 5.46. The molecule has 1 saturated heterocycles. The highest BCUT2D eigenvalue weighted by molar-refractivity contribution is 5.95. The predicted molar refractivity (Wildman–Crippen MR) is 98.2 cm³/mol. The smallest absolute Gasteiger partial charge is 0.293 e. The Morgan fingerprint density at radius 3 is 2.73 bits per heavy atom. The van der Waals surface area contributed by atoms with Crippen molar-refractivity contribution in [3.63, 3.8) is 0 Å². The Morgan fingerprint density at radius 2 is 2.04 bits per heavy atom. The summed E-state index contributed by atoms with van der Waals surface area (Å²) in [5, 5.41) is 17.2. The van der Waals surface area contributed by atoms with Gasteiger partial charge in [-0.1, -0.05) is 30.3 Å². The molecule has 2 aromatic rings. The molecule has 7 heteroatoms. The van der Waals surface area contributed by atoms with Crippen LogP contribution in [0.15, 0.2) is 48.5 Å². The van der Waals surface area contributed by atoms with Crippen LogP contribution in [0.25, 0.3) is 0 Å². The molecule has 0 aliphatic carbocycles. The predicted octanol–water partition coefficient (Wildman–Crippen LogP) is 3.12. The lowest BCUT2D eigenvalue weighted by atomic mass is 10.1. The van der Waals surface area contributed by atoms with E-state index in [1.807, 2.05) is 30.3 Å². The third kappa shape index (κ3) is 4.58. The zero-order chi connectivity index (χ0) is 18.4. The van der Waals surface area contributed by atoms with Gasteiger partial charge in [0.05, 0.1) is 11.0 Å². The summed E-state index contributed by atoms with van der Waals surface area (Å²) in [7, 11) is 0. The fraction of sp³-hybridized carbons (Fsp3) is 0.316. The number of nitrogens with zero attached hydrogens (tertiary/aromatic N) is 1. The summed E-state index contributed by atoms with van der Waals surface area (Å²) in [5.74, 6) is -0.335. The van der Waals surface area contributed by atoms with Crippen molar-refractivity contribution in [3.8, 4) is 0 Å². The Kier molecular flexibility index (Phi) is 5.80. The number of rotatable bonds is 7. The highest BCUT2D eigenvalue weighted by Crippen LogP contribution is 2.26. The number of ether oxygens (including phenoxy) is 1. The largest absolute Gasteiger partial charge is 0.376 e. The van der Waals surface area contributed by atoms with Crippen LogP contribution in [0.4, 0.5) is 11.4 Å². The summed E-state index contributed by atoms with van der Waals surface area (Å²) in [5.41, 5.74) is 1.54. The highest BCUT2D eigenvalue weighted by atomic mass is 16.6. The minimum absolute atomic E-state index is 0.0285. The fourth-order valence-corrected chi connectivity index (χ4v) is 2.88. The number of nitrogens with one attached hydrogen (secondary N) is 2. The van der Waals surface area contributed by atoms with Gasteiger partial charge in [-0.3, -0.25) is 14.9 Å². The third-order valence-corrected chi connectivity index (χ3v) is 4.30. The van der Waals surface area contributed by atoms with E-state index >= 15 is 0 Å². The molecule has 0 bridgehead atoms. The zero-order valence-corrected chi connectivity index (χ0v) is 14.3. The van der Waals surface area contributed by atoms with E-state index < -0.39 is 4.92 Å². The molecule has 1 aliphatic rings. The molecular weight excluding hydrogens is 334 g/mol. The first-order valence-electron chi connectivity index (χ1n) is 8.59. The monoisotopic (exact) mass is 355 g/mol. The van der Waals surface area contributed by atoms with Gasteiger partial charge in [0.15, 0.2) is 0 Å². The molecular formula is C19H21N3O4. The number of nitro groups is 1. The second-order valence-electron chi connectivity index (χ2n) is 6.17. The summed E-state index contributed by atoms with van der Waals surface area (Å²) in [6.45, 7) is 1.60. The van der Waals surface area contributed by atoms with Gasteiger partial charge in [0, 0.05) is 31.3 Å². The molecule has 1 heterocycles. The van der Waals surface area contributed by atoms with Gasteiger partial charge < -0.3 is 15.4 Å². The lowest BCUT2D eigenvalue weighted by Crippen LogP contribution is -2.31. The normalized spacial score (nSPS) is 16.2. The van der Waals surface area contributed by atoms with Crippen LogP contribution in [0.1, 0.15) is 28.8 Å². The minimum atomic E-state index is -0.482. The van der Waals surface area contributed by atoms with Crippen LogP contribution in [0, 0.1) is 10.1 Å². The molecule has 0 radical (unpaired) electrons. The van der Waals surface area contributed by atoms with Crippen LogP contribution in [0.3, 0.4) is 0 Å². The third-order valence-electron chi connectivity index (χ3n) is 4.30. The topological polar surface area (TPSA) is 93.5 Å². The van der Waals surface area contributed by atoms with Crippen LogP contribution in [0.5, 0.6) is 0 Å². The van der Waals surface area contributed by atoms with Crippen LogP contribution >= 0.6 is 0 Å². The number of carbonyl (C=O) groups excluding carboxylic acids is 1. The highest BCUT2D eigenvalue weighted by Gasteiger charge is 2.20. The van der Waals surface area contributed by atoms with Gasteiger partial charge >= 0.3 is 0 Å². The standard InChI is InChI=1S/C19H21N3O4/c23-19(21-13-16-7-4-10-26-16)15-8-9-17(18(11-15)22(24)25)20-12-14-5-2-1-3-6-14/h1-3,5-6,8-9,11,16,20H,4,7,10,12-13H2,(H,21,23). The van der Waals surface area contributed by atoms with E-state index in [1.54, 1.807) is 12.1 Å². The van der Waals surface area contributed by atoms with E-state index in [1.165, 1.54) is 6.07 Å². The Balaban J connectivity index is 1.67. The van der Waals surface area contributed by atoms with E-state index in [2.05, 4.69) is 10.6 Å². The van der Waals surface area contributed by atoms with Crippen molar-refractivity contribution in [2.75, 3.05) is 18.5 Å². The van der Waals surface area contributed by atoms with Crippen LogP contribution < -0.4 is 10.6 Å². The van der Waals surface area contributed by atoms with Gasteiger partial charge in [0.1, 0.15) is 5.69 Å². The number of anilines is 1. The van der Waals surface area contributed by atoms with Crippen LogP contribution in [0.2, 0.25) is 0 Å². The van der Waals surface area contributed by atoms with Crippen molar-refractivity contribution >= 4 is 17.3 Å². The first kappa shape index (κ1) is 17.9. The Bertz CT molecular complexity index is 774. The maximum absolute atomic E-state index is 12.3. The molecule has 1 unspecified atom stereocenters. The Hall–Kier alpha value is -2.93. The lowest BCUT2D eigenvalue weighted by molar-refractivity contribution is -0.384. The summed E-state index contributed by atoms with van der Waals surface area (Å²) in [6.07, 6.45) is 1.94. The van der Waals surface area contributed by atoms with Crippen molar-refractivity contribution < 1.29 is 14.5 Å². The van der Waals surface area contributed by atoms with Crippen molar-refractivity contribution in [3.05, 3.63) is 69.8 Å². The molecule has 136 valence electrons. The molecule has 1 fully saturated rings. The molecule has 1 amide bonds. The lowest BCUT2D eigenvalue weighted by Gasteiger charge is -2.12. The first-order chi connectivity index (χ1) is 12.6. The van der Waals surface area contributed by atoms with E-state index in [-0.39, 0.29) is 23.3 Å². The number of carbonyl (C=O) groups is 1. The number of nitro benzene ring substituents is 1. The number of amides is 1. The molecule has 0 spiro atoms. The molecule has 26 heavy (non-hydrogen) atoms. The number of hydrogen-bond acceptors (Lipinski definition) is 5. The minimum Gasteiger partial charge on any atom is -0.376 e. The molecule has 1 atom stereocenters. The van der Waals surface area contributed by atoms with E-state index in [9.17, 15) is 14.9 Å². The van der Waals surface area contributed by atoms with Crippen LogP contribution in [-0.4, -0.2) is 30.1 Å². The molecule has 7 nitrogen and oxygen atoms in total. The molecule has 2 aromatic carbocycles. The average Bonchev–Trinajstić information content (AvgIpc) is 3.18. The van der Waals surface area contributed by atoms with Gasteiger partial charge in [-0.25, -0.2) is 0 Å². The Morgan fingerprint density at radius 1 is 1.23 bits per heavy atom. The van der Waals surface area contributed by atoms with Gasteiger partial charge in [0.2, 0.25) is 0 Å². The van der Waals surface area contributed by atoms with Gasteiger partial charge in [-0.15, -0.1) is 0 Å². The molecule has 0 saturated carbocycles. The van der Waals surface area contributed by atoms with Crippen molar-refractivity contribution in [2.24, 2.45) is 0 Å². The number of benzene rings is 2. The molecule has 0 aromatic heterocycles. The average molecular weight is 355 g/mol. The summed E-state index contributed by atoms with van der Waals surface area (Å²) >= 11 is 0. The number of hydrogen-bond donors (Lipinski definition) is 2. The van der Waals surface area contributed by atoms with Crippen molar-refractivity contribution in [2.45, 2.75) is 25.5 Å². The van der Waals surface area contributed by atoms with Gasteiger partial charge in [-0.2, -0.15) is 0 Å². The second kappa shape index (κ2) is 8.44. The van der Waals surface area contributed by atoms with Crippen molar-refractivity contribution in [1.82, 2.24) is 5.32 Å². The second-order valence-corrected chi connectivity index (χ2v) is 6.17. The maximum atomic E-state index is 12.3. The van der Waals surface area contributed by atoms with E-state index in [4.69, 9.17) is 4.74 Å². The summed E-state index contributed by atoms with van der Waals surface area (Å²) in [6, 6.07) is 14.1. The SMILES string of the molecule is O=C(NCC1CCCO1)c1ccc(NCc2ccccc2)c([N+](=O)[O-])c1. The van der Waals surface area contributed by atoms with Gasteiger partial charge in [0.25, 0.3) is 11.6 Å². The van der Waals surface area contributed by atoms with Crippen LogP contribution in [-0.2, 0) is 11.3 Å². The summed E-state index contributed by atoms with van der Waals surface area (Å²) in [4.78, 5) is 23.2. The first-order valence-corrected chi connectivity index (χ1v) is 8.59. The van der Waals surface area contributed by atoms with Gasteiger partial charge in [-0.05, 0) is 30.5 Å². The maximum Gasteiger partial charge on any atom is 0.293 e.